The predicted molar refractivity (Wildman–Crippen MR) is 120 cm³/mol. The number of pyridine rings is 1. The van der Waals surface area contributed by atoms with Gasteiger partial charge in [-0.2, -0.15) is 0 Å². The Morgan fingerprint density at radius 1 is 1.30 bits per heavy atom. The summed E-state index contributed by atoms with van der Waals surface area (Å²) in [4.78, 5) is 19.0. The van der Waals surface area contributed by atoms with Gasteiger partial charge in [-0.1, -0.05) is 26.6 Å². The number of aromatic nitrogens is 3. The van der Waals surface area contributed by atoms with Crippen LogP contribution in [0.1, 0.15) is 16.8 Å². The van der Waals surface area contributed by atoms with Crippen LogP contribution in [0.3, 0.4) is 0 Å². The van der Waals surface area contributed by atoms with Gasteiger partial charge in [0.1, 0.15) is 28.8 Å². The molecule has 0 amide bonds. The van der Waals surface area contributed by atoms with Gasteiger partial charge in [-0.15, -0.1) is 0 Å². The van der Waals surface area contributed by atoms with E-state index in [-0.39, 0.29) is 0 Å². The highest BCUT2D eigenvalue weighted by atomic mass is 33.1. The molecule has 0 saturated carbocycles. The number of nitrogens with two attached hydrogens (primary N) is 1. The number of aromatic amines is 1. The van der Waals surface area contributed by atoms with Crippen molar-refractivity contribution in [2.75, 3.05) is 20.0 Å². The van der Waals surface area contributed by atoms with E-state index < -0.39 is 12.0 Å². The Morgan fingerprint density at radius 2 is 2.07 bits per heavy atom. The van der Waals surface area contributed by atoms with Gasteiger partial charge in [0.05, 0.1) is 26.2 Å². The van der Waals surface area contributed by atoms with Crippen molar-refractivity contribution in [3.8, 4) is 17.4 Å². The third-order valence-electron chi connectivity index (χ3n) is 4.70. The summed E-state index contributed by atoms with van der Waals surface area (Å²) in [7, 11) is 6.27. The Morgan fingerprint density at radius 3 is 2.73 bits per heavy atom. The fourth-order valence-electron chi connectivity index (χ4n) is 3.12. The quantitative estimate of drug-likeness (QED) is 0.260. The molecule has 10 heteroatoms. The van der Waals surface area contributed by atoms with Gasteiger partial charge in [0.25, 0.3) is 0 Å². The second-order valence-electron chi connectivity index (χ2n) is 6.72. The highest BCUT2D eigenvalue weighted by Crippen LogP contribution is 2.31. The summed E-state index contributed by atoms with van der Waals surface area (Å²) in [6.45, 7) is 4.00. The van der Waals surface area contributed by atoms with E-state index in [2.05, 4.69) is 4.98 Å². The van der Waals surface area contributed by atoms with Crippen LogP contribution in [0.5, 0.6) is 11.5 Å². The summed E-state index contributed by atoms with van der Waals surface area (Å²) in [5.74, 6) is 2.22. The van der Waals surface area contributed by atoms with E-state index >= 15 is 0 Å². The van der Waals surface area contributed by atoms with Crippen LogP contribution < -0.4 is 19.8 Å². The molecular formula is C20H25N4O4S2+. The summed E-state index contributed by atoms with van der Waals surface area (Å²) in [5.41, 5.74) is 10.3. The minimum absolute atomic E-state index is 0.326. The van der Waals surface area contributed by atoms with Crippen molar-refractivity contribution in [3.05, 3.63) is 41.2 Å². The molecule has 2 aromatic heterocycles. The molecule has 3 rings (SSSR count). The SMILES string of the molecule is COc1ccc2[nH]c(-[n+]3cc(C)c(OC)c(C)c3CSSCC(N)C(=O)O)nc2c1. The number of aryl methyl sites for hydroxylation is 1. The normalized spacial score (nSPS) is 12.2. The number of nitrogens with zero attached hydrogens (tertiary/aromatic N) is 2. The first kappa shape index (κ1) is 22.3. The fraction of sp³-hybridized carbons (Fsp3) is 0.350. The molecule has 0 fully saturated rings. The van der Waals surface area contributed by atoms with Gasteiger partial charge in [0.2, 0.25) is 0 Å². The number of carboxylic acid groups (broad SMARTS) is 1. The number of carboxylic acids is 1. The number of rotatable bonds is 9. The number of hydrogen-bond acceptors (Lipinski definition) is 7. The molecule has 0 aliphatic heterocycles. The van der Waals surface area contributed by atoms with Crippen LogP contribution in [-0.4, -0.2) is 47.1 Å². The van der Waals surface area contributed by atoms with Crippen LogP contribution in [0.2, 0.25) is 0 Å². The number of benzene rings is 1. The first-order valence-corrected chi connectivity index (χ1v) is 11.7. The molecule has 0 aliphatic carbocycles. The van der Waals surface area contributed by atoms with E-state index in [4.69, 9.17) is 25.3 Å². The zero-order valence-corrected chi connectivity index (χ0v) is 18.9. The first-order valence-electron chi connectivity index (χ1n) is 9.21. The molecule has 0 spiro atoms. The highest BCUT2D eigenvalue weighted by Gasteiger charge is 2.23. The second-order valence-corrected chi connectivity index (χ2v) is 9.23. The topological polar surface area (TPSA) is 114 Å². The Kier molecular flexibility index (Phi) is 7.11. The lowest BCUT2D eigenvalue weighted by atomic mass is 10.1. The van der Waals surface area contributed by atoms with Gasteiger partial charge in [0, 0.05) is 22.9 Å². The molecule has 0 aliphatic rings. The summed E-state index contributed by atoms with van der Waals surface area (Å²) in [6, 6.07) is 4.83. The van der Waals surface area contributed by atoms with Crippen molar-refractivity contribution < 1.29 is 23.9 Å². The molecule has 8 nitrogen and oxygen atoms in total. The van der Waals surface area contributed by atoms with Crippen molar-refractivity contribution >= 4 is 38.6 Å². The van der Waals surface area contributed by atoms with E-state index in [1.54, 1.807) is 25.0 Å². The molecule has 2 heterocycles. The Bertz CT molecular complexity index is 1070. The molecular weight excluding hydrogens is 424 g/mol. The molecule has 0 bridgehead atoms. The molecule has 1 unspecified atom stereocenters. The van der Waals surface area contributed by atoms with E-state index in [0.29, 0.717) is 17.5 Å². The number of nitrogens with one attached hydrogen (secondary N) is 1. The molecule has 0 radical (unpaired) electrons. The zero-order chi connectivity index (χ0) is 21.8. The van der Waals surface area contributed by atoms with Gasteiger partial charge in [-0.3, -0.25) is 4.79 Å². The maximum Gasteiger partial charge on any atom is 0.402 e. The first-order chi connectivity index (χ1) is 14.3. The van der Waals surface area contributed by atoms with E-state index in [0.717, 1.165) is 39.4 Å². The van der Waals surface area contributed by atoms with Crippen molar-refractivity contribution in [1.82, 2.24) is 9.97 Å². The number of H-pyrrole nitrogens is 1. The molecule has 1 atom stereocenters. The average molecular weight is 450 g/mol. The molecule has 0 saturated heterocycles. The van der Waals surface area contributed by atoms with Crippen LogP contribution in [0.15, 0.2) is 24.4 Å². The Balaban J connectivity index is 1.96. The van der Waals surface area contributed by atoms with Crippen LogP contribution >= 0.6 is 21.6 Å². The minimum atomic E-state index is -0.996. The lowest BCUT2D eigenvalue weighted by molar-refractivity contribution is -0.611. The van der Waals surface area contributed by atoms with E-state index in [1.807, 2.05) is 42.8 Å². The second kappa shape index (κ2) is 9.59. The van der Waals surface area contributed by atoms with Crippen molar-refractivity contribution in [2.24, 2.45) is 5.73 Å². The van der Waals surface area contributed by atoms with E-state index in [9.17, 15) is 4.79 Å². The number of ether oxygens (including phenoxy) is 2. The number of aliphatic carboxylic acids is 1. The highest BCUT2D eigenvalue weighted by molar-refractivity contribution is 8.76. The smallest absolute Gasteiger partial charge is 0.402 e. The maximum atomic E-state index is 10.9. The molecule has 30 heavy (non-hydrogen) atoms. The number of imidazole rings is 1. The molecule has 160 valence electrons. The molecule has 1 aromatic carbocycles. The number of carbonyl (C=O) groups is 1. The Labute approximate surface area is 182 Å². The minimum Gasteiger partial charge on any atom is -0.497 e. The molecule has 4 N–H and O–H groups in total. The Hall–Kier alpha value is -2.43. The number of methoxy groups -OCH3 is 2. The lowest BCUT2D eigenvalue weighted by Gasteiger charge is -2.15. The standard InChI is InChI=1S/C20H24N4O4S2/c1-11-8-24(20-22-15-6-5-13(27-3)7-16(15)23-20)17(12(2)18(11)28-4)10-30-29-9-14(21)19(25)26/h5-8,14H,9-10,21H2,1-4H3,(H-,22,23,25,26)/p+1. The number of fused-ring (bicyclic) bond motifs is 1. The van der Waals surface area contributed by atoms with Crippen LogP contribution in [0, 0.1) is 13.8 Å². The summed E-state index contributed by atoms with van der Waals surface area (Å²) >= 11 is 0. The van der Waals surface area contributed by atoms with E-state index in [1.165, 1.54) is 10.8 Å². The predicted octanol–water partition coefficient (Wildman–Crippen LogP) is 2.77. The van der Waals surface area contributed by atoms with Crippen molar-refractivity contribution in [1.29, 1.82) is 0 Å². The van der Waals surface area contributed by atoms with Gasteiger partial charge < -0.3 is 20.3 Å². The molecule has 3 aromatic rings. The van der Waals surface area contributed by atoms with Gasteiger partial charge in [-0.25, -0.2) is 9.55 Å². The summed E-state index contributed by atoms with van der Waals surface area (Å²) in [6.07, 6.45) is 1.99. The summed E-state index contributed by atoms with van der Waals surface area (Å²) in [5, 5.41) is 8.95. The van der Waals surface area contributed by atoms with Crippen molar-refractivity contribution in [3.63, 3.8) is 0 Å². The van der Waals surface area contributed by atoms with Gasteiger partial charge in [-0.05, 0) is 26.0 Å². The largest absolute Gasteiger partial charge is 0.497 e. The fourth-order valence-corrected chi connectivity index (χ4v) is 5.37. The van der Waals surface area contributed by atoms with Gasteiger partial charge >= 0.3 is 11.9 Å². The lowest BCUT2D eigenvalue weighted by Crippen LogP contribution is -2.38. The zero-order valence-electron chi connectivity index (χ0n) is 17.3. The monoisotopic (exact) mass is 449 g/mol. The number of hydrogen-bond donors (Lipinski definition) is 3. The third kappa shape index (κ3) is 4.66. The van der Waals surface area contributed by atoms with Crippen LogP contribution in [0.25, 0.3) is 17.0 Å². The van der Waals surface area contributed by atoms with Crippen LogP contribution in [-0.2, 0) is 10.5 Å². The maximum absolute atomic E-state index is 10.9. The van der Waals surface area contributed by atoms with Gasteiger partial charge in [0.15, 0.2) is 5.52 Å². The third-order valence-corrected chi connectivity index (χ3v) is 7.01. The van der Waals surface area contributed by atoms with Crippen molar-refractivity contribution in [2.45, 2.75) is 25.6 Å². The van der Waals surface area contributed by atoms with Crippen LogP contribution in [0.4, 0.5) is 0 Å². The summed E-state index contributed by atoms with van der Waals surface area (Å²) < 4.78 is 12.9. The average Bonchev–Trinajstić information content (AvgIpc) is 3.15.